The van der Waals surface area contributed by atoms with Gasteiger partial charge in [0.1, 0.15) is 17.5 Å². The first-order valence-corrected chi connectivity index (χ1v) is 8.02. The summed E-state index contributed by atoms with van der Waals surface area (Å²) in [6, 6.07) is 7.84. The number of imidazole rings is 1. The van der Waals surface area contributed by atoms with E-state index in [0.29, 0.717) is 42.0 Å². The van der Waals surface area contributed by atoms with E-state index in [2.05, 4.69) is 4.98 Å². The van der Waals surface area contributed by atoms with Gasteiger partial charge < -0.3 is 9.30 Å². The van der Waals surface area contributed by atoms with E-state index in [4.69, 9.17) is 4.74 Å². The van der Waals surface area contributed by atoms with Crippen molar-refractivity contribution in [3.05, 3.63) is 53.4 Å². The van der Waals surface area contributed by atoms with Crippen LogP contribution in [-0.4, -0.2) is 22.8 Å². The van der Waals surface area contributed by atoms with Gasteiger partial charge >= 0.3 is 0 Å². The average molecular weight is 330 g/mol. The lowest BCUT2D eigenvalue weighted by Crippen LogP contribution is -2.07. The van der Waals surface area contributed by atoms with Crippen LogP contribution >= 0.6 is 0 Å². The van der Waals surface area contributed by atoms with E-state index in [1.807, 2.05) is 18.4 Å². The monoisotopic (exact) mass is 330 g/mol. The van der Waals surface area contributed by atoms with Gasteiger partial charge in [-0.3, -0.25) is 0 Å². The van der Waals surface area contributed by atoms with Gasteiger partial charge in [-0.2, -0.15) is 0 Å². The van der Waals surface area contributed by atoms with Crippen LogP contribution in [0.3, 0.4) is 0 Å². The molecule has 0 unspecified atom stereocenters. The van der Waals surface area contributed by atoms with Crippen molar-refractivity contribution in [2.45, 2.75) is 27.3 Å². The lowest BCUT2D eigenvalue weighted by Gasteiger charge is -2.09. The molecule has 0 radical (unpaired) electrons. The second-order valence-corrected chi connectivity index (χ2v) is 5.79. The van der Waals surface area contributed by atoms with Gasteiger partial charge in [-0.15, -0.1) is 0 Å². The number of nitrogens with zero attached hydrogens (tertiary/aromatic N) is 2. The Kier molecular flexibility index (Phi) is 4.62. The van der Waals surface area contributed by atoms with Crippen LogP contribution in [0, 0.1) is 25.5 Å². The van der Waals surface area contributed by atoms with Crippen molar-refractivity contribution in [1.29, 1.82) is 0 Å². The fourth-order valence-electron chi connectivity index (χ4n) is 2.88. The number of fused-ring (bicyclic) bond motifs is 1. The van der Waals surface area contributed by atoms with Crippen molar-refractivity contribution in [2.24, 2.45) is 0 Å². The number of benzene rings is 2. The summed E-state index contributed by atoms with van der Waals surface area (Å²) >= 11 is 0. The topological polar surface area (TPSA) is 27.1 Å². The van der Waals surface area contributed by atoms with E-state index in [1.165, 1.54) is 12.1 Å². The van der Waals surface area contributed by atoms with Crippen LogP contribution in [0.4, 0.5) is 8.78 Å². The predicted molar refractivity (Wildman–Crippen MR) is 91.1 cm³/mol. The lowest BCUT2D eigenvalue weighted by atomic mass is 10.0. The molecule has 0 amide bonds. The maximum atomic E-state index is 14.5. The Labute approximate surface area is 139 Å². The third kappa shape index (κ3) is 3.04. The zero-order valence-electron chi connectivity index (χ0n) is 14.1. The molecular weight excluding hydrogens is 310 g/mol. The minimum Gasteiger partial charge on any atom is -0.380 e. The Morgan fingerprint density at radius 1 is 1.08 bits per heavy atom. The van der Waals surface area contributed by atoms with E-state index in [0.717, 1.165) is 11.3 Å². The minimum absolute atomic E-state index is 0.294. The van der Waals surface area contributed by atoms with Gasteiger partial charge in [0.05, 0.1) is 17.6 Å². The molecule has 0 fully saturated rings. The molecule has 3 aromatic rings. The van der Waals surface area contributed by atoms with Crippen molar-refractivity contribution in [1.82, 2.24) is 9.55 Å². The highest BCUT2D eigenvalue weighted by atomic mass is 19.1. The Hall–Kier alpha value is -2.27. The maximum absolute atomic E-state index is 14.5. The largest absolute Gasteiger partial charge is 0.380 e. The van der Waals surface area contributed by atoms with Crippen LogP contribution in [0.15, 0.2) is 30.3 Å². The zero-order chi connectivity index (χ0) is 17.3. The number of aromatic nitrogens is 2. The summed E-state index contributed by atoms with van der Waals surface area (Å²) in [5.41, 5.74) is 3.06. The maximum Gasteiger partial charge on any atom is 0.133 e. The number of hydrogen-bond acceptors (Lipinski definition) is 2. The van der Waals surface area contributed by atoms with Crippen molar-refractivity contribution in [3.63, 3.8) is 0 Å². The SMILES string of the molecule is CCOCCn1c(C)nc2cc(F)c(-c3ccc(F)c(C)c3)cc21. The van der Waals surface area contributed by atoms with E-state index in [9.17, 15) is 8.78 Å². The molecule has 126 valence electrons. The number of aryl methyl sites for hydroxylation is 2. The molecule has 0 aliphatic heterocycles. The molecule has 2 aromatic carbocycles. The Morgan fingerprint density at radius 2 is 1.88 bits per heavy atom. The van der Waals surface area contributed by atoms with Gasteiger partial charge in [-0.1, -0.05) is 6.07 Å². The summed E-state index contributed by atoms with van der Waals surface area (Å²) in [6.07, 6.45) is 0. The number of rotatable bonds is 5. The average Bonchev–Trinajstić information content (AvgIpc) is 2.84. The van der Waals surface area contributed by atoms with E-state index < -0.39 is 0 Å². The molecule has 3 nitrogen and oxygen atoms in total. The van der Waals surface area contributed by atoms with Gasteiger partial charge in [0.25, 0.3) is 0 Å². The summed E-state index contributed by atoms with van der Waals surface area (Å²) in [6.45, 7) is 7.40. The van der Waals surface area contributed by atoms with E-state index in [-0.39, 0.29) is 11.6 Å². The van der Waals surface area contributed by atoms with Crippen LogP contribution in [0.1, 0.15) is 18.3 Å². The second kappa shape index (κ2) is 6.69. The third-order valence-corrected chi connectivity index (χ3v) is 4.16. The highest BCUT2D eigenvalue weighted by molar-refractivity contribution is 5.83. The van der Waals surface area contributed by atoms with E-state index >= 15 is 0 Å². The van der Waals surface area contributed by atoms with Crippen LogP contribution in [0.2, 0.25) is 0 Å². The molecule has 5 heteroatoms. The molecule has 0 saturated carbocycles. The first-order valence-electron chi connectivity index (χ1n) is 8.02. The van der Waals surface area contributed by atoms with E-state index in [1.54, 1.807) is 25.1 Å². The summed E-state index contributed by atoms with van der Waals surface area (Å²) in [5, 5.41) is 0. The molecule has 24 heavy (non-hydrogen) atoms. The fourth-order valence-corrected chi connectivity index (χ4v) is 2.88. The Balaban J connectivity index is 2.10. The predicted octanol–water partition coefficient (Wildman–Crippen LogP) is 4.63. The van der Waals surface area contributed by atoms with Gasteiger partial charge in [0, 0.05) is 24.8 Å². The summed E-state index contributed by atoms with van der Waals surface area (Å²) in [4.78, 5) is 4.43. The molecule has 1 heterocycles. The summed E-state index contributed by atoms with van der Waals surface area (Å²) in [7, 11) is 0. The van der Waals surface area contributed by atoms with Crippen molar-refractivity contribution < 1.29 is 13.5 Å². The molecule has 0 bridgehead atoms. The second-order valence-electron chi connectivity index (χ2n) is 5.79. The highest BCUT2D eigenvalue weighted by Crippen LogP contribution is 2.29. The first-order chi connectivity index (χ1) is 11.5. The minimum atomic E-state index is -0.358. The number of hydrogen-bond donors (Lipinski definition) is 0. The van der Waals surface area contributed by atoms with Crippen molar-refractivity contribution in [3.8, 4) is 11.1 Å². The lowest BCUT2D eigenvalue weighted by molar-refractivity contribution is 0.139. The van der Waals surface area contributed by atoms with Gasteiger partial charge in [-0.25, -0.2) is 13.8 Å². The summed E-state index contributed by atoms with van der Waals surface area (Å²) < 4.78 is 35.4. The fraction of sp³-hybridized carbons (Fsp3) is 0.316. The zero-order valence-corrected chi connectivity index (χ0v) is 14.1. The van der Waals surface area contributed by atoms with Crippen LogP contribution in [-0.2, 0) is 11.3 Å². The molecule has 0 saturated heterocycles. The van der Waals surface area contributed by atoms with Crippen LogP contribution in [0.5, 0.6) is 0 Å². The van der Waals surface area contributed by atoms with Gasteiger partial charge in [-0.05, 0) is 50.1 Å². The van der Waals surface area contributed by atoms with Crippen LogP contribution < -0.4 is 0 Å². The molecule has 0 aliphatic rings. The molecule has 1 aromatic heterocycles. The van der Waals surface area contributed by atoms with Gasteiger partial charge in [0.15, 0.2) is 0 Å². The Morgan fingerprint density at radius 3 is 2.58 bits per heavy atom. The normalized spacial score (nSPS) is 11.4. The molecule has 0 aliphatic carbocycles. The molecule has 0 N–H and O–H groups in total. The molecule has 3 rings (SSSR count). The molecule has 0 spiro atoms. The molecule has 0 atom stereocenters. The Bertz CT molecular complexity index is 887. The summed E-state index contributed by atoms with van der Waals surface area (Å²) in [5.74, 6) is 0.164. The van der Waals surface area contributed by atoms with Gasteiger partial charge in [0.2, 0.25) is 0 Å². The first kappa shape index (κ1) is 16.6. The molecular formula is C19H20F2N2O. The number of ether oxygens (including phenoxy) is 1. The number of halogens is 2. The standard InChI is InChI=1S/C19H20F2N2O/c1-4-24-8-7-23-13(3)22-18-11-17(21)15(10-19(18)23)14-5-6-16(20)12(2)9-14/h5-6,9-11H,4,7-8H2,1-3H3. The van der Waals surface area contributed by atoms with Crippen LogP contribution in [0.25, 0.3) is 22.2 Å². The smallest absolute Gasteiger partial charge is 0.133 e. The van der Waals surface area contributed by atoms with Crippen molar-refractivity contribution >= 4 is 11.0 Å². The highest BCUT2D eigenvalue weighted by Gasteiger charge is 2.14. The van der Waals surface area contributed by atoms with Crippen molar-refractivity contribution in [2.75, 3.05) is 13.2 Å². The third-order valence-electron chi connectivity index (χ3n) is 4.16. The quantitative estimate of drug-likeness (QED) is 0.638.